The minimum atomic E-state index is -1.18. The normalized spacial score (nSPS) is 12.9. The maximum atomic E-state index is 10.9. The molecule has 1 aromatic heterocycles. The standard InChI is InChI=1S/C9H8N2O4/c10-6(8(12)13)4-2-1-3-5-7(4)11-9(14)15-5/h1-3,6H,10H2,(H,11,14)(H,12,13). The van der Waals surface area contributed by atoms with Gasteiger partial charge in [-0.15, -0.1) is 0 Å². The van der Waals surface area contributed by atoms with Crippen LogP contribution in [-0.4, -0.2) is 16.1 Å². The number of carbonyl (C=O) groups is 1. The van der Waals surface area contributed by atoms with Gasteiger partial charge in [-0.3, -0.25) is 9.78 Å². The van der Waals surface area contributed by atoms with E-state index in [4.69, 9.17) is 15.3 Å². The third kappa shape index (κ3) is 1.50. The fourth-order valence-corrected chi connectivity index (χ4v) is 1.39. The second-order valence-corrected chi connectivity index (χ2v) is 3.05. The lowest BCUT2D eigenvalue weighted by Gasteiger charge is -2.06. The van der Waals surface area contributed by atoms with E-state index in [0.29, 0.717) is 16.7 Å². The molecule has 6 heteroatoms. The molecule has 0 aliphatic heterocycles. The molecule has 1 aromatic carbocycles. The number of fused-ring (bicyclic) bond motifs is 1. The van der Waals surface area contributed by atoms with E-state index in [1.807, 2.05) is 0 Å². The Morgan fingerprint density at radius 2 is 2.27 bits per heavy atom. The number of benzene rings is 1. The highest BCUT2D eigenvalue weighted by Crippen LogP contribution is 2.20. The number of nitrogens with two attached hydrogens (primary N) is 1. The molecule has 4 N–H and O–H groups in total. The Morgan fingerprint density at radius 3 is 2.93 bits per heavy atom. The van der Waals surface area contributed by atoms with Crippen LogP contribution in [0, 0.1) is 0 Å². The van der Waals surface area contributed by atoms with Crippen LogP contribution < -0.4 is 11.5 Å². The highest BCUT2D eigenvalue weighted by atomic mass is 16.4. The van der Waals surface area contributed by atoms with Crippen LogP contribution in [0.25, 0.3) is 11.1 Å². The van der Waals surface area contributed by atoms with E-state index in [-0.39, 0.29) is 0 Å². The van der Waals surface area contributed by atoms with Crippen LogP contribution in [0.4, 0.5) is 0 Å². The summed E-state index contributed by atoms with van der Waals surface area (Å²) in [6.45, 7) is 0. The number of aromatic nitrogens is 1. The van der Waals surface area contributed by atoms with Crippen molar-refractivity contribution in [2.24, 2.45) is 5.73 Å². The zero-order valence-corrected chi connectivity index (χ0v) is 7.56. The van der Waals surface area contributed by atoms with Crippen molar-refractivity contribution in [3.63, 3.8) is 0 Å². The van der Waals surface area contributed by atoms with Crippen molar-refractivity contribution in [3.05, 3.63) is 34.3 Å². The first kappa shape index (κ1) is 9.47. The van der Waals surface area contributed by atoms with E-state index in [0.717, 1.165) is 0 Å². The summed E-state index contributed by atoms with van der Waals surface area (Å²) >= 11 is 0. The van der Waals surface area contributed by atoms with Crippen LogP contribution in [0.3, 0.4) is 0 Å². The summed E-state index contributed by atoms with van der Waals surface area (Å²) in [6, 6.07) is 3.50. The first-order valence-corrected chi connectivity index (χ1v) is 4.19. The lowest BCUT2D eigenvalue weighted by atomic mass is 10.1. The molecule has 1 unspecified atom stereocenters. The summed E-state index contributed by atoms with van der Waals surface area (Å²) in [5, 5.41) is 8.75. The van der Waals surface area contributed by atoms with Crippen LogP contribution in [0.1, 0.15) is 11.6 Å². The summed E-state index contributed by atoms with van der Waals surface area (Å²) < 4.78 is 4.78. The summed E-state index contributed by atoms with van der Waals surface area (Å²) in [5.74, 6) is -1.79. The third-order valence-corrected chi connectivity index (χ3v) is 2.09. The number of para-hydroxylation sites is 1. The first-order chi connectivity index (χ1) is 7.09. The maximum Gasteiger partial charge on any atom is 0.417 e. The third-order valence-electron chi connectivity index (χ3n) is 2.09. The van der Waals surface area contributed by atoms with E-state index in [1.54, 1.807) is 12.1 Å². The van der Waals surface area contributed by atoms with Gasteiger partial charge in [0.25, 0.3) is 0 Å². The van der Waals surface area contributed by atoms with Crippen molar-refractivity contribution in [3.8, 4) is 0 Å². The Kier molecular flexibility index (Phi) is 2.05. The molecular weight excluding hydrogens is 200 g/mol. The minimum absolute atomic E-state index is 0.300. The molecule has 0 aliphatic rings. The van der Waals surface area contributed by atoms with Gasteiger partial charge in [-0.1, -0.05) is 12.1 Å². The second-order valence-electron chi connectivity index (χ2n) is 3.05. The van der Waals surface area contributed by atoms with E-state index in [1.165, 1.54) is 6.07 Å². The van der Waals surface area contributed by atoms with Crippen LogP contribution >= 0.6 is 0 Å². The van der Waals surface area contributed by atoms with Gasteiger partial charge in [-0.2, -0.15) is 0 Å². The largest absolute Gasteiger partial charge is 0.480 e. The van der Waals surface area contributed by atoms with Gasteiger partial charge in [0, 0.05) is 5.56 Å². The number of aliphatic carboxylic acids is 1. The number of hydrogen-bond donors (Lipinski definition) is 3. The van der Waals surface area contributed by atoms with E-state index in [2.05, 4.69) is 4.98 Å². The molecule has 6 nitrogen and oxygen atoms in total. The molecule has 0 aliphatic carbocycles. The number of carboxylic acid groups (broad SMARTS) is 1. The number of rotatable bonds is 2. The van der Waals surface area contributed by atoms with Crippen molar-refractivity contribution in [1.29, 1.82) is 0 Å². The number of nitrogens with one attached hydrogen (secondary N) is 1. The van der Waals surface area contributed by atoms with Gasteiger partial charge >= 0.3 is 11.7 Å². The van der Waals surface area contributed by atoms with Crippen molar-refractivity contribution in [1.82, 2.24) is 4.98 Å². The zero-order valence-electron chi connectivity index (χ0n) is 7.56. The smallest absolute Gasteiger partial charge is 0.417 e. The van der Waals surface area contributed by atoms with E-state index in [9.17, 15) is 9.59 Å². The molecule has 0 saturated heterocycles. The summed E-state index contributed by atoms with van der Waals surface area (Å²) in [4.78, 5) is 24.0. The Bertz CT molecular complexity index is 569. The number of oxazole rings is 1. The predicted molar refractivity (Wildman–Crippen MR) is 51.4 cm³/mol. The number of hydrogen-bond acceptors (Lipinski definition) is 4. The SMILES string of the molecule is NC(C(=O)O)c1cccc2oc(=O)[nH]c12. The molecule has 15 heavy (non-hydrogen) atoms. The van der Waals surface area contributed by atoms with Crippen molar-refractivity contribution < 1.29 is 14.3 Å². The molecule has 0 bridgehead atoms. The van der Waals surface area contributed by atoms with Crippen molar-refractivity contribution in [2.45, 2.75) is 6.04 Å². The van der Waals surface area contributed by atoms with Gasteiger partial charge < -0.3 is 15.3 Å². The van der Waals surface area contributed by atoms with Gasteiger partial charge in [0.05, 0.1) is 5.52 Å². The molecule has 0 fully saturated rings. The monoisotopic (exact) mass is 208 g/mol. The van der Waals surface area contributed by atoms with Crippen molar-refractivity contribution >= 4 is 17.1 Å². The van der Waals surface area contributed by atoms with Gasteiger partial charge in [-0.05, 0) is 6.07 Å². The molecule has 2 rings (SSSR count). The molecule has 1 atom stereocenters. The maximum absolute atomic E-state index is 10.9. The van der Waals surface area contributed by atoms with E-state index < -0.39 is 17.8 Å². The summed E-state index contributed by atoms with van der Waals surface area (Å²) in [7, 11) is 0. The second kappa shape index (κ2) is 3.25. The molecule has 0 saturated carbocycles. The van der Waals surface area contributed by atoms with Gasteiger partial charge in [0.2, 0.25) is 0 Å². The fourth-order valence-electron chi connectivity index (χ4n) is 1.39. The molecular formula is C9H8N2O4. The quantitative estimate of drug-likeness (QED) is 0.653. The van der Waals surface area contributed by atoms with E-state index >= 15 is 0 Å². The predicted octanol–water partition coefficient (Wildman–Crippen LogP) is 0.205. The highest BCUT2D eigenvalue weighted by Gasteiger charge is 2.18. The Labute approximate surface area is 83.3 Å². The van der Waals surface area contributed by atoms with Gasteiger partial charge in [0.1, 0.15) is 6.04 Å². The number of aromatic amines is 1. The lowest BCUT2D eigenvalue weighted by molar-refractivity contribution is -0.138. The lowest BCUT2D eigenvalue weighted by Crippen LogP contribution is -2.21. The molecule has 78 valence electrons. The Balaban J connectivity index is 2.70. The number of carboxylic acids is 1. The van der Waals surface area contributed by atoms with Gasteiger partial charge in [0.15, 0.2) is 5.58 Å². The average molecular weight is 208 g/mol. The first-order valence-electron chi connectivity index (χ1n) is 4.19. The average Bonchev–Trinajstić information content (AvgIpc) is 2.56. The molecule has 2 aromatic rings. The Hall–Kier alpha value is -2.08. The topological polar surface area (TPSA) is 109 Å². The zero-order chi connectivity index (χ0) is 11.0. The molecule has 0 amide bonds. The molecule has 1 heterocycles. The van der Waals surface area contributed by atoms with Crippen LogP contribution in [0.15, 0.2) is 27.4 Å². The van der Waals surface area contributed by atoms with Crippen molar-refractivity contribution in [2.75, 3.05) is 0 Å². The summed E-state index contributed by atoms with van der Waals surface area (Å²) in [6.07, 6.45) is 0. The number of H-pyrrole nitrogens is 1. The van der Waals surface area contributed by atoms with Crippen LogP contribution in [0.2, 0.25) is 0 Å². The molecule has 0 spiro atoms. The Morgan fingerprint density at radius 1 is 1.53 bits per heavy atom. The fraction of sp³-hybridized carbons (Fsp3) is 0.111. The minimum Gasteiger partial charge on any atom is -0.480 e. The highest BCUT2D eigenvalue weighted by molar-refractivity contribution is 5.84. The van der Waals surface area contributed by atoms with Gasteiger partial charge in [-0.25, -0.2) is 4.79 Å². The van der Waals surface area contributed by atoms with Crippen LogP contribution in [-0.2, 0) is 4.79 Å². The summed E-state index contributed by atoms with van der Waals surface area (Å²) in [5.41, 5.74) is 6.41. The molecule has 0 radical (unpaired) electrons. The van der Waals surface area contributed by atoms with Crippen LogP contribution in [0.5, 0.6) is 0 Å².